The number of aliphatic hydroxyl groups is 1. The molecular weight excluding hydrogens is 208 g/mol. The molecule has 0 saturated carbocycles. The van der Waals surface area contributed by atoms with Crippen LogP contribution in [0.3, 0.4) is 0 Å². The molecule has 5 heteroatoms. The van der Waals surface area contributed by atoms with Crippen LogP contribution in [0.5, 0.6) is 0 Å². The highest BCUT2D eigenvalue weighted by Crippen LogP contribution is 2.21. The van der Waals surface area contributed by atoms with Gasteiger partial charge in [0.25, 0.3) is 5.79 Å². The summed E-state index contributed by atoms with van der Waals surface area (Å²) >= 11 is 0. The van der Waals surface area contributed by atoms with Crippen molar-refractivity contribution < 1.29 is 14.6 Å². The Balaban J connectivity index is 2.97. The molecule has 0 aliphatic carbocycles. The third kappa shape index (κ3) is 2.38. The summed E-state index contributed by atoms with van der Waals surface area (Å²) in [5.41, 5.74) is 0.206. The molecule has 16 heavy (non-hydrogen) atoms. The summed E-state index contributed by atoms with van der Waals surface area (Å²) in [4.78, 5) is 15.2. The highest BCUT2D eigenvalue weighted by Gasteiger charge is 2.32. The Morgan fingerprint density at radius 1 is 1.75 bits per heavy atom. The summed E-state index contributed by atoms with van der Waals surface area (Å²) in [6.07, 6.45) is 4.51. The summed E-state index contributed by atoms with van der Waals surface area (Å²) in [5, 5.41) is 9.99. The van der Waals surface area contributed by atoms with Crippen molar-refractivity contribution in [2.45, 2.75) is 19.6 Å². The Morgan fingerprint density at radius 2 is 2.38 bits per heavy atom. The second-order valence-electron chi connectivity index (χ2n) is 3.49. The molecule has 0 spiro atoms. The second kappa shape index (κ2) is 4.32. The first-order chi connectivity index (χ1) is 7.38. The van der Waals surface area contributed by atoms with Gasteiger partial charge in [-0.05, 0) is 6.92 Å². The number of carbonyl (C=O) groups is 1. The third-order valence-electron chi connectivity index (χ3n) is 1.92. The molecule has 0 aromatic carbocycles. The molecule has 1 N–H and O–H groups in total. The van der Waals surface area contributed by atoms with Crippen molar-refractivity contribution >= 4 is 12.2 Å². The first-order valence-corrected chi connectivity index (χ1v) is 4.65. The van der Waals surface area contributed by atoms with E-state index in [9.17, 15) is 9.90 Å². The molecule has 1 aromatic rings. The van der Waals surface area contributed by atoms with Gasteiger partial charge in [0, 0.05) is 31.1 Å². The topological polar surface area (TPSA) is 64.3 Å². The lowest BCUT2D eigenvalue weighted by molar-refractivity contribution is -0.206. The van der Waals surface area contributed by atoms with Crippen molar-refractivity contribution in [2.75, 3.05) is 0 Å². The molecule has 1 rings (SSSR count). The Kier molecular flexibility index (Phi) is 3.29. The lowest BCUT2D eigenvalue weighted by Crippen LogP contribution is -2.31. The molecule has 0 radical (unpaired) electrons. The molecule has 0 saturated heterocycles. The predicted octanol–water partition coefficient (Wildman–Crippen LogP) is 1.27. The minimum Gasteiger partial charge on any atom is -0.422 e. The Bertz CT molecular complexity index is 432. The molecule has 1 heterocycles. The van der Waals surface area contributed by atoms with Crippen molar-refractivity contribution in [1.29, 1.82) is 0 Å². The molecular formula is C11H14N2O3. The van der Waals surface area contributed by atoms with Gasteiger partial charge in [0.2, 0.25) is 0 Å². The van der Waals surface area contributed by atoms with Crippen LogP contribution < -0.4 is 0 Å². The van der Waals surface area contributed by atoms with Gasteiger partial charge in [0.15, 0.2) is 5.82 Å². The van der Waals surface area contributed by atoms with Gasteiger partial charge in [0.05, 0.1) is 0 Å². The van der Waals surface area contributed by atoms with Crippen molar-refractivity contribution in [3.8, 4) is 0 Å². The SMILES string of the molecule is C=Cn1ccnc1C(C)(O)OC(=O)C(=C)C. The molecule has 1 aromatic heterocycles. The predicted molar refractivity (Wildman–Crippen MR) is 59.1 cm³/mol. The van der Waals surface area contributed by atoms with Crippen LogP contribution in [-0.4, -0.2) is 20.6 Å². The molecule has 0 bridgehead atoms. The maximum absolute atomic E-state index is 11.3. The quantitative estimate of drug-likeness (QED) is 0.473. The Morgan fingerprint density at radius 3 is 2.88 bits per heavy atom. The monoisotopic (exact) mass is 222 g/mol. The second-order valence-corrected chi connectivity index (χ2v) is 3.49. The molecule has 0 aliphatic heterocycles. The fourth-order valence-corrected chi connectivity index (χ4v) is 1.13. The zero-order valence-corrected chi connectivity index (χ0v) is 9.30. The van der Waals surface area contributed by atoms with Gasteiger partial charge in [-0.3, -0.25) is 0 Å². The van der Waals surface area contributed by atoms with Gasteiger partial charge in [-0.25, -0.2) is 9.78 Å². The van der Waals surface area contributed by atoms with Crippen LogP contribution >= 0.6 is 0 Å². The minimum absolute atomic E-state index is 0.178. The Labute approximate surface area is 93.7 Å². The highest BCUT2D eigenvalue weighted by molar-refractivity contribution is 5.87. The van der Waals surface area contributed by atoms with Crippen LogP contribution in [0, 0.1) is 0 Å². The van der Waals surface area contributed by atoms with Gasteiger partial charge < -0.3 is 14.4 Å². The zero-order valence-electron chi connectivity index (χ0n) is 9.30. The average molecular weight is 222 g/mol. The van der Waals surface area contributed by atoms with Crippen LogP contribution in [0.25, 0.3) is 6.20 Å². The van der Waals surface area contributed by atoms with Gasteiger partial charge in [-0.15, -0.1) is 0 Å². The number of aromatic nitrogens is 2. The minimum atomic E-state index is -1.81. The van der Waals surface area contributed by atoms with Crippen LogP contribution in [0.1, 0.15) is 19.7 Å². The summed E-state index contributed by atoms with van der Waals surface area (Å²) in [5.74, 6) is -2.31. The van der Waals surface area contributed by atoms with E-state index in [1.165, 1.54) is 30.8 Å². The molecule has 0 aliphatic rings. The van der Waals surface area contributed by atoms with Gasteiger partial charge >= 0.3 is 5.97 Å². The van der Waals surface area contributed by atoms with Crippen LogP contribution in [0.15, 0.2) is 31.1 Å². The number of rotatable bonds is 4. The fraction of sp³-hybridized carbons (Fsp3) is 0.273. The van der Waals surface area contributed by atoms with Crippen molar-refractivity contribution in [3.05, 3.63) is 36.9 Å². The van der Waals surface area contributed by atoms with E-state index in [0.717, 1.165) is 0 Å². The van der Waals surface area contributed by atoms with E-state index in [-0.39, 0.29) is 11.4 Å². The smallest absolute Gasteiger partial charge is 0.335 e. The molecule has 0 amide bonds. The maximum Gasteiger partial charge on any atom is 0.335 e. The molecule has 0 fully saturated rings. The lowest BCUT2D eigenvalue weighted by Gasteiger charge is -2.22. The number of ether oxygens (including phenoxy) is 1. The van der Waals surface area contributed by atoms with E-state index in [4.69, 9.17) is 4.74 Å². The number of hydrogen-bond acceptors (Lipinski definition) is 4. The normalized spacial score (nSPS) is 13.9. The number of carbonyl (C=O) groups excluding carboxylic acids is 1. The van der Waals surface area contributed by atoms with Gasteiger partial charge in [0.1, 0.15) is 0 Å². The van der Waals surface area contributed by atoms with Crippen molar-refractivity contribution in [3.63, 3.8) is 0 Å². The summed E-state index contributed by atoms with van der Waals surface area (Å²) in [6, 6.07) is 0. The molecule has 86 valence electrons. The average Bonchev–Trinajstić information content (AvgIpc) is 2.64. The van der Waals surface area contributed by atoms with Crippen molar-refractivity contribution in [2.24, 2.45) is 0 Å². The first-order valence-electron chi connectivity index (χ1n) is 4.65. The van der Waals surface area contributed by atoms with Crippen LogP contribution in [0.2, 0.25) is 0 Å². The van der Waals surface area contributed by atoms with E-state index < -0.39 is 11.8 Å². The maximum atomic E-state index is 11.3. The highest BCUT2D eigenvalue weighted by atomic mass is 16.7. The lowest BCUT2D eigenvalue weighted by atomic mass is 10.3. The largest absolute Gasteiger partial charge is 0.422 e. The van der Waals surface area contributed by atoms with Gasteiger partial charge in [-0.2, -0.15) is 0 Å². The van der Waals surface area contributed by atoms with Crippen LogP contribution in [-0.2, 0) is 15.3 Å². The van der Waals surface area contributed by atoms with Gasteiger partial charge in [-0.1, -0.05) is 13.2 Å². The van der Waals surface area contributed by atoms with E-state index >= 15 is 0 Å². The number of imidazole rings is 1. The van der Waals surface area contributed by atoms with E-state index in [2.05, 4.69) is 18.1 Å². The number of esters is 1. The molecule has 5 nitrogen and oxygen atoms in total. The van der Waals surface area contributed by atoms with Crippen LogP contribution in [0.4, 0.5) is 0 Å². The third-order valence-corrected chi connectivity index (χ3v) is 1.92. The van der Waals surface area contributed by atoms with E-state index in [1.54, 1.807) is 6.20 Å². The number of nitrogens with zero attached hydrogens (tertiary/aromatic N) is 2. The molecule has 1 unspecified atom stereocenters. The summed E-state index contributed by atoms with van der Waals surface area (Å²) in [7, 11) is 0. The fourth-order valence-electron chi connectivity index (χ4n) is 1.13. The van der Waals surface area contributed by atoms with E-state index in [0.29, 0.717) is 0 Å². The first kappa shape index (κ1) is 12.2. The standard InChI is InChI=1S/C11H14N2O3/c1-5-13-7-6-12-10(13)11(4,15)16-9(14)8(2)3/h5-7,15H,1-2H2,3-4H3. The Hall–Kier alpha value is -1.88. The molecule has 1 atom stereocenters. The summed E-state index contributed by atoms with van der Waals surface area (Å²) in [6.45, 7) is 9.80. The summed E-state index contributed by atoms with van der Waals surface area (Å²) < 4.78 is 6.34. The number of hydrogen-bond donors (Lipinski definition) is 1. The van der Waals surface area contributed by atoms with Crippen molar-refractivity contribution in [1.82, 2.24) is 9.55 Å². The van der Waals surface area contributed by atoms with E-state index in [1.807, 2.05) is 0 Å². The zero-order chi connectivity index (χ0) is 12.3.